The summed E-state index contributed by atoms with van der Waals surface area (Å²) in [5.41, 5.74) is 12.9. The molecular formula is C31H25N9O3. The predicted molar refractivity (Wildman–Crippen MR) is 159 cm³/mol. The fourth-order valence-electron chi connectivity index (χ4n) is 5.52. The third-order valence-electron chi connectivity index (χ3n) is 7.63. The lowest BCUT2D eigenvalue weighted by molar-refractivity contribution is 0.0936. The van der Waals surface area contributed by atoms with Crippen LogP contribution in [0, 0.1) is 0 Å². The molecule has 1 amide bonds. The van der Waals surface area contributed by atoms with Crippen LogP contribution >= 0.6 is 0 Å². The number of hydrogen-bond acceptors (Lipinski definition) is 9. The number of anilines is 1. The number of pyridine rings is 2. The minimum Gasteiger partial charge on any atom is -0.507 e. The Balaban J connectivity index is 1.29. The molecule has 1 aliphatic rings. The zero-order chi connectivity index (χ0) is 29.7. The Morgan fingerprint density at radius 2 is 1.98 bits per heavy atom. The number of fused-ring (bicyclic) bond motifs is 2. The summed E-state index contributed by atoms with van der Waals surface area (Å²) in [5, 5.41) is 21.4. The highest BCUT2D eigenvalue weighted by molar-refractivity contribution is 5.96. The number of aromatic nitrogens is 7. The summed E-state index contributed by atoms with van der Waals surface area (Å²) in [6, 6.07) is 17.5. The van der Waals surface area contributed by atoms with Gasteiger partial charge >= 0.3 is 0 Å². The molecule has 0 aliphatic heterocycles. The highest BCUT2D eigenvalue weighted by atomic mass is 16.3. The van der Waals surface area contributed by atoms with E-state index in [-0.39, 0.29) is 23.3 Å². The van der Waals surface area contributed by atoms with E-state index in [1.807, 2.05) is 41.0 Å². The number of phenols is 1. The second-order valence-electron chi connectivity index (χ2n) is 10.3. The lowest BCUT2D eigenvalue weighted by atomic mass is 10.1. The number of hydrogen-bond donors (Lipinski definition) is 3. The van der Waals surface area contributed by atoms with Crippen molar-refractivity contribution in [3.63, 3.8) is 0 Å². The number of phenolic OH excluding ortho intramolecular Hbond substituents is 1. The van der Waals surface area contributed by atoms with Crippen molar-refractivity contribution in [2.45, 2.75) is 18.9 Å². The third-order valence-corrected chi connectivity index (χ3v) is 7.63. The molecule has 12 nitrogen and oxygen atoms in total. The number of imidazole rings is 1. The van der Waals surface area contributed by atoms with E-state index in [1.165, 1.54) is 23.0 Å². The summed E-state index contributed by atoms with van der Waals surface area (Å²) in [6.07, 6.45) is 5.29. The van der Waals surface area contributed by atoms with Gasteiger partial charge in [-0.05, 0) is 78.6 Å². The average molecular weight is 572 g/mol. The Bertz CT molecular complexity index is 2060. The fourth-order valence-corrected chi connectivity index (χ4v) is 5.52. The van der Waals surface area contributed by atoms with Crippen molar-refractivity contribution in [3.05, 3.63) is 95.3 Å². The number of aldehydes is 1. The van der Waals surface area contributed by atoms with Crippen molar-refractivity contribution in [2.75, 3.05) is 5.73 Å². The number of nitrogens with one attached hydrogen (secondary N) is 1. The highest BCUT2D eigenvalue weighted by Gasteiger charge is 2.26. The number of aromatic hydroxyl groups is 1. The number of aryl methyl sites for hydroxylation is 2. The van der Waals surface area contributed by atoms with E-state index >= 15 is 0 Å². The third kappa shape index (κ3) is 4.54. The SMILES string of the molecule is Cn1ncc(-c2ccc3nc(-c4cccnc4N)n(-c4ccc5c(c4)CC[C@@H]5NC(=O)c4ccc(O)c(C=O)c4)c3n2)n1. The first kappa shape index (κ1) is 26.0. The Labute approximate surface area is 244 Å². The van der Waals surface area contributed by atoms with Gasteiger partial charge < -0.3 is 16.2 Å². The Hall–Kier alpha value is -5.91. The Morgan fingerprint density at radius 1 is 1.09 bits per heavy atom. The van der Waals surface area contributed by atoms with Gasteiger partial charge in [0.1, 0.15) is 22.8 Å². The largest absolute Gasteiger partial charge is 0.507 e. The van der Waals surface area contributed by atoms with E-state index < -0.39 is 0 Å². The highest BCUT2D eigenvalue weighted by Crippen LogP contribution is 2.36. The smallest absolute Gasteiger partial charge is 0.251 e. The van der Waals surface area contributed by atoms with Crippen LogP contribution in [0.25, 0.3) is 39.6 Å². The lowest BCUT2D eigenvalue weighted by Gasteiger charge is -2.16. The van der Waals surface area contributed by atoms with Crippen LogP contribution in [0.2, 0.25) is 0 Å². The van der Waals surface area contributed by atoms with E-state index in [4.69, 9.17) is 15.7 Å². The second kappa shape index (κ2) is 10.2. The van der Waals surface area contributed by atoms with Gasteiger partial charge in [-0.15, -0.1) is 0 Å². The topological polar surface area (TPSA) is 167 Å². The van der Waals surface area contributed by atoms with E-state index in [1.54, 1.807) is 19.4 Å². The summed E-state index contributed by atoms with van der Waals surface area (Å²) < 4.78 is 1.96. The molecule has 0 unspecified atom stereocenters. The molecular weight excluding hydrogens is 546 g/mol. The Kier molecular flexibility index (Phi) is 6.16. The van der Waals surface area contributed by atoms with Gasteiger partial charge in [-0.2, -0.15) is 15.0 Å². The van der Waals surface area contributed by atoms with Crippen LogP contribution in [-0.2, 0) is 13.5 Å². The van der Waals surface area contributed by atoms with Crippen LogP contribution in [0.4, 0.5) is 5.82 Å². The van der Waals surface area contributed by atoms with Gasteiger partial charge in [0.15, 0.2) is 17.8 Å². The Morgan fingerprint density at radius 3 is 2.77 bits per heavy atom. The minimum absolute atomic E-state index is 0.0674. The first-order valence-corrected chi connectivity index (χ1v) is 13.6. The van der Waals surface area contributed by atoms with Crippen molar-refractivity contribution in [1.29, 1.82) is 0 Å². The van der Waals surface area contributed by atoms with Gasteiger partial charge in [-0.25, -0.2) is 15.0 Å². The van der Waals surface area contributed by atoms with E-state index in [0.717, 1.165) is 23.2 Å². The number of amides is 1. The van der Waals surface area contributed by atoms with Crippen molar-refractivity contribution >= 4 is 29.2 Å². The van der Waals surface area contributed by atoms with Gasteiger partial charge in [0.05, 0.1) is 29.1 Å². The first-order valence-electron chi connectivity index (χ1n) is 13.6. The van der Waals surface area contributed by atoms with E-state index in [9.17, 15) is 14.7 Å². The van der Waals surface area contributed by atoms with E-state index in [0.29, 0.717) is 58.0 Å². The molecule has 0 bridgehead atoms. The molecule has 0 saturated heterocycles. The molecule has 0 spiro atoms. The van der Waals surface area contributed by atoms with Crippen molar-refractivity contribution in [2.24, 2.45) is 7.05 Å². The maximum absolute atomic E-state index is 13.0. The van der Waals surface area contributed by atoms with E-state index in [2.05, 4.69) is 26.6 Å². The molecule has 1 atom stereocenters. The quantitative estimate of drug-likeness (QED) is 0.252. The van der Waals surface area contributed by atoms with Crippen molar-refractivity contribution in [3.8, 4) is 34.2 Å². The number of benzene rings is 2. The monoisotopic (exact) mass is 571 g/mol. The molecule has 0 saturated carbocycles. The molecule has 43 heavy (non-hydrogen) atoms. The molecule has 6 aromatic rings. The number of rotatable bonds is 6. The molecule has 4 aromatic heterocycles. The van der Waals surface area contributed by atoms with Crippen molar-refractivity contribution in [1.82, 2.24) is 39.8 Å². The number of nitrogen functional groups attached to an aromatic ring is 1. The van der Waals surface area contributed by atoms with Crippen LogP contribution < -0.4 is 11.1 Å². The standard InChI is InChI=1S/C31H25N9O3/c1-39-34-15-26(38-39)24-9-10-25-30(35-24)40(29(36-25)22-3-2-12-33-28(22)32)20-6-7-21-17(14-20)4-8-23(21)37-31(43)18-5-11-27(42)19(13-18)16-41/h2-3,5-7,9-16,23,42H,4,8H2,1H3,(H2,32,33)(H,37,43)/t23-/m0/s1. The zero-order valence-corrected chi connectivity index (χ0v) is 23.0. The fraction of sp³-hybridized carbons (Fsp3) is 0.129. The molecule has 1 aliphatic carbocycles. The van der Waals surface area contributed by atoms with Gasteiger partial charge in [0.25, 0.3) is 5.91 Å². The first-order chi connectivity index (χ1) is 20.9. The molecule has 4 N–H and O–H groups in total. The van der Waals surface area contributed by atoms with Crippen molar-refractivity contribution < 1.29 is 14.7 Å². The molecule has 12 heteroatoms. The molecule has 0 fully saturated rings. The molecule has 0 radical (unpaired) electrons. The number of carbonyl (C=O) groups excluding carboxylic acids is 2. The second-order valence-corrected chi connectivity index (χ2v) is 10.3. The normalized spacial score (nSPS) is 14.1. The van der Waals surface area contributed by atoms with Gasteiger partial charge in [-0.3, -0.25) is 14.2 Å². The summed E-state index contributed by atoms with van der Waals surface area (Å²) in [6.45, 7) is 0. The van der Waals surface area contributed by atoms with Gasteiger partial charge in [0.2, 0.25) is 0 Å². The summed E-state index contributed by atoms with van der Waals surface area (Å²) >= 11 is 0. The summed E-state index contributed by atoms with van der Waals surface area (Å²) in [7, 11) is 1.75. The van der Waals surface area contributed by atoms with Crippen LogP contribution in [0.1, 0.15) is 44.3 Å². The number of carbonyl (C=O) groups is 2. The van der Waals surface area contributed by atoms with Crippen LogP contribution in [0.15, 0.2) is 73.1 Å². The number of nitrogens with zero attached hydrogens (tertiary/aromatic N) is 7. The molecule has 4 heterocycles. The maximum Gasteiger partial charge on any atom is 0.251 e. The maximum atomic E-state index is 13.0. The summed E-state index contributed by atoms with van der Waals surface area (Å²) in [4.78, 5) is 39.8. The molecule has 7 rings (SSSR count). The molecule has 212 valence electrons. The summed E-state index contributed by atoms with van der Waals surface area (Å²) in [5.74, 6) is 0.471. The van der Waals surface area contributed by atoms with Gasteiger partial charge in [-0.1, -0.05) is 6.07 Å². The minimum atomic E-state index is -0.319. The predicted octanol–water partition coefficient (Wildman–Crippen LogP) is 3.80. The van der Waals surface area contributed by atoms with Crippen LogP contribution in [0.5, 0.6) is 5.75 Å². The van der Waals surface area contributed by atoms with Crippen LogP contribution in [0.3, 0.4) is 0 Å². The average Bonchev–Trinajstić information content (AvgIpc) is 3.73. The van der Waals surface area contributed by atoms with Gasteiger partial charge in [0, 0.05) is 24.5 Å². The number of nitrogens with two attached hydrogens (primary N) is 1. The zero-order valence-electron chi connectivity index (χ0n) is 23.0. The van der Waals surface area contributed by atoms with Crippen LogP contribution in [-0.4, -0.2) is 51.8 Å². The molecule has 2 aromatic carbocycles. The lowest BCUT2D eigenvalue weighted by Crippen LogP contribution is -2.27.